The van der Waals surface area contributed by atoms with Crippen LogP contribution in [0.2, 0.25) is 0 Å². The normalized spacial score (nSPS) is 23.5. The van der Waals surface area contributed by atoms with Crippen molar-refractivity contribution in [3.8, 4) is 0 Å². The Morgan fingerprint density at radius 3 is 2.88 bits per heavy atom. The Kier molecular flexibility index (Phi) is 6.46. The maximum Gasteiger partial charge on any atom is 0.237 e. The lowest BCUT2D eigenvalue weighted by molar-refractivity contribution is -0.124. The van der Waals surface area contributed by atoms with Crippen molar-refractivity contribution in [1.29, 1.82) is 0 Å². The quantitative estimate of drug-likeness (QED) is 0.754. The molecule has 0 saturated carbocycles. The molecule has 0 aromatic carbocycles. The highest BCUT2D eigenvalue weighted by Crippen LogP contribution is 2.09. The van der Waals surface area contributed by atoms with Crippen LogP contribution < -0.4 is 10.6 Å². The second-order valence-electron chi connectivity index (χ2n) is 4.76. The molecule has 1 amide bonds. The molecule has 16 heavy (non-hydrogen) atoms. The van der Waals surface area contributed by atoms with Crippen LogP contribution in [0.3, 0.4) is 0 Å². The molecule has 0 aromatic heterocycles. The van der Waals surface area contributed by atoms with Crippen molar-refractivity contribution >= 4 is 5.91 Å². The molecule has 94 valence electrons. The summed E-state index contributed by atoms with van der Waals surface area (Å²) in [5.74, 6) is 0.210. The van der Waals surface area contributed by atoms with Crippen molar-refractivity contribution in [3.63, 3.8) is 0 Å². The van der Waals surface area contributed by atoms with Gasteiger partial charge in [0.05, 0.1) is 6.04 Å². The Labute approximate surface area is 99.4 Å². The van der Waals surface area contributed by atoms with Crippen molar-refractivity contribution in [2.75, 3.05) is 6.54 Å². The van der Waals surface area contributed by atoms with Crippen LogP contribution in [0.4, 0.5) is 0 Å². The van der Waals surface area contributed by atoms with Crippen LogP contribution in [0.25, 0.3) is 0 Å². The fourth-order valence-corrected chi connectivity index (χ4v) is 2.28. The van der Waals surface area contributed by atoms with Crippen LogP contribution in [0.1, 0.15) is 58.8 Å². The number of hydrogen-bond acceptors (Lipinski definition) is 2. The van der Waals surface area contributed by atoms with Gasteiger partial charge in [-0.2, -0.15) is 0 Å². The van der Waals surface area contributed by atoms with Crippen LogP contribution >= 0.6 is 0 Å². The van der Waals surface area contributed by atoms with Crippen LogP contribution in [-0.4, -0.2) is 24.5 Å². The topological polar surface area (TPSA) is 41.1 Å². The molecule has 1 fully saturated rings. The van der Waals surface area contributed by atoms with E-state index >= 15 is 0 Å². The van der Waals surface area contributed by atoms with Gasteiger partial charge in [0.1, 0.15) is 0 Å². The SMILES string of the molecule is CCCC(CC)NC(=O)C1CCCCCN1. The van der Waals surface area contributed by atoms with Gasteiger partial charge in [0.25, 0.3) is 0 Å². The van der Waals surface area contributed by atoms with E-state index in [1.54, 1.807) is 0 Å². The molecule has 1 rings (SSSR count). The van der Waals surface area contributed by atoms with Gasteiger partial charge in [-0.25, -0.2) is 0 Å². The van der Waals surface area contributed by atoms with Gasteiger partial charge in [-0.3, -0.25) is 4.79 Å². The zero-order valence-corrected chi connectivity index (χ0v) is 10.7. The minimum Gasteiger partial charge on any atom is -0.352 e. The van der Waals surface area contributed by atoms with Crippen LogP contribution in [0, 0.1) is 0 Å². The first kappa shape index (κ1) is 13.5. The number of carbonyl (C=O) groups excluding carboxylic acids is 1. The molecular weight excluding hydrogens is 200 g/mol. The second-order valence-corrected chi connectivity index (χ2v) is 4.76. The van der Waals surface area contributed by atoms with Gasteiger partial charge in [0.15, 0.2) is 0 Å². The number of carbonyl (C=O) groups is 1. The van der Waals surface area contributed by atoms with Crippen molar-refractivity contribution < 1.29 is 4.79 Å². The van der Waals surface area contributed by atoms with E-state index in [4.69, 9.17) is 0 Å². The predicted molar refractivity (Wildman–Crippen MR) is 67.4 cm³/mol. The summed E-state index contributed by atoms with van der Waals surface area (Å²) in [6.45, 7) is 5.29. The fraction of sp³-hybridized carbons (Fsp3) is 0.923. The van der Waals surface area contributed by atoms with E-state index in [0.717, 1.165) is 32.2 Å². The first-order valence-electron chi connectivity index (χ1n) is 6.81. The van der Waals surface area contributed by atoms with Gasteiger partial charge >= 0.3 is 0 Å². The first-order chi connectivity index (χ1) is 7.77. The molecule has 0 aliphatic carbocycles. The molecule has 1 heterocycles. The van der Waals surface area contributed by atoms with Crippen LogP contribution in [0.15, 0.2) is 0 Å². The molecule has 2 N–H and O–H groups in total. The highest BCUT2D eigenvalue weighted by molar-refractivity contribution is 5.82. The third-order valence-corrected chi connectivity index (χ3v) is 3.35. The molecule has 0 aromatic rings. The van der Waals surface area contributed by atoms with E-state index in [1.165, 1.54) is 19.3 Å². The molecule has 2 unspecified atom stereocenters. The Morgan fingerprint density at radius 1 is 1.38 bits per heavy atom. The number of amides is 1. The number of rotatable bonds is 5. The van der Waals surface area contributed by atoms with Crippen molar-refractivity contribution in [2.24, 2.45) is 0 Å². The Hall–Kier alpha value is -0.570. The molecular formula is C13H26N2O. The Balaban J connectivity index is 2.36. The molecule has 0 radical (unpaired) electrons. The zero-order valence-electron chi connectivity index (χ0n) is 10.7. The van der Waals surface area contributed by atoms with E-state index in [-0.39, 0.29) is 11.9 Å². The summed E-state index contributed by atoms with van der Waals surface area (Å²) >= 11 is 0. The number of nitrogens with one attached hydrogen (secondary N) is 2. The summed E-state index contributed by atoms with van der Waals surface area (Å²) in [7, 11) is 0. The smallest absolute Gasteiger partial charge is 0.237 e. The van der Waals surface area contributed by atoms with Gasteiger partial charge in [-0.05, 0) is 32.2 Å². The summed E-state index contributed by atoms with van der Waals surface area (Å²) < 4.78 is 0. The summed E-state index contributed by atoms with van der Waals surface area (Å²) in [6, 6.07) is 0.413. The number of hydrogen-bond donors (Lipinski definition) is 2. The first-order valence-corrected chi connectivity index (χ1v) is 6.81. The van der Waals surface area contributed by atoms with Gasteiger partial charge < -0.3 is 10.6 Å². The molecule has 1 aliphatic heterocycles. The second kappa shape index (κ2) is 7.66. The summed E-state index contributed by atoms with van der Waals surface area (Å²) in [6.07, 6.45) is 7.89. The van der Waals surface area contributed by atoms with Gasteiger partial charge in [-0.1, -0.05) is 33.1 Å². The maximum absolute atomic E-state index is 12.0. The van der Waals surface area contributed by atoms with Crippen LogP contribution in [-0.2, 0) is 4.79 Å². The van der Waals surface area contributed by atoms with Gasteiger partial charge in [-0.15, -0.1) is 0 Å². The standard InChI is InChI=1S/C13H26N2O/c1-3-8-11(4-2)15-13(16)12-9-6-5-7-10-14-12/h11-12,14H,3-10H2,1-2H3,(H,15,16). The third kappa shape index (κ3) is 4.52. The summed E-state index contributed by atoms with van der Waals surface area (Å²) in [4.78, 5) is 12.0. The highest BCUT2D eigenvalue weighted by Gasteiger charge is 2.21. The largest absolute Gasteiger partial charge is 0.352 e. The van der Waals surface area contributed by atoms with Crippen molar-refractivity contribution in [1.82, 2.24) is 10.6 Å². The van der Waals surface area contributed by atoms with E-state index in [2.05, 4.69) is 24.5 Å². The summed E-state index contributed by atoms with van der Waals surface area (Å²) in [5, 5.41) is 6.50. The van der Waals surface area contributed by atoms with Crippen LogP contribution in [0.5, 0.6) is 0 Å². The van der Waals surface area contributed by atoms with Gasteiger partial charge in [0, 0.05) is 6.04 Å². The minimum absolute atomic E-state index is 0.0495. The highest BCUT2D eigenvalue weighted by atomic mass is 16.2. The predicted octanol–water partition coefficient (Wildman–Crippen LogP) is 2.21. The molecule has 2 atom stereocenters. The minimum atomic E-state index is 0.0495. The van der Waals surface area contributed by atoms with E-state index in [1.807, 2.05) is 0 Å². The summed E-state index contributed by atoms with van der Waals surface area (Å²) in [5.41, 5.74) is 0. The van der Waals surface area contributed by atoms with Crippen molar-refractivity contribution in [3.05, 3.63) is 0 Å². The van der Waals surface area contributed by atoms with Crippen molar-refractivity contribution in [2.45, 2.75) is 70.9 Å². The zero-order chi connectivity index (χ0) is 11.8. The molecule has 3 nitrogen and oxygen atoms in total. The average molecular weight is 226 g/mol. The lowest BCUT2D eigenvalue weighted by atomic mass is 10.1. The van der Waals surface area contributed by atoms with E-state index in [9.17, 15) is 4.79 Å². The van der Waals surface area contributed by atoms with Gasteiger partial charge in [0.2, 0.25) is 5.91 Å². The lowest BCUT2D eigenvalue weighted by Gasteiger charge is -2.21. The molecule has 0 bridgehead atoms. The molecule has 3 heteroatoms. The molecule has 1 saturated heterocycles. The monoisotopic (exact) mass is 226 g/mol. The van der Waals surface area contributed by atoms with E-state index in [0.29, 0.717) is 6.04 Å². The fourth-order valence-electron chi connectivity index (χ4n) is 2.28. The third-order valence-electron chi connectivity index (χ3n) is 3.35. The Morgan fingerprint density at radius 2 is 2.19 bits per heavy atom. The molecule has 0 spiro atoms. The maximum atomic E-state index is 12.0. The average Bonchev–Trinajstić information content (AvgIpc) is 2.56. The molecule has 1 aliphatic rings. The Bertz CT molecular complexity index is 198. The van der Waals surface area contributed by atoms with E-state index < -0.39 is 0 Å². The lowest BCUT2D eigenvalue weighted by Crippen LogP contribution is -2.47.